The van der Waals surface area contributed by atoms with Crippen LogP contribution in [0.4, 0.5) is 5.69 Å². The van der Waals surface area contributed by atoms with Gasteiger partial charge in [0.2, 0.25) is 5.91 Å². The van der Waals surface area contributed by atoms with Crippen molar-refractivity contribution in [3.63, 3.8) is 0 Å². The number of hydrogen-bond acceptors (Lipinski definition) is 3. The minimum Gasteiger partial charge on any atom is -0.402 e. The number of amides is 1. The summed E-state index contributed by atoms with van der Waals surface area (Å²) in [5.41, 5.74) is 12.5. The zero-order valence-electron chi connectivity index (χ0n) is 16.5. The van der Waals surface area contributed by atoms with Crippen LogP contribution in [0.1, 0.15) is 55.7 Å². The van der Waals surface area contributed by atoms with Crippen LogP contribution in [0.15, 0.2) is 54.2 Å². The summed E-state index contributed by atoms with van der Waals surface area (Å²) < 4.78 is 0. The first-order valence-corrected chi connectivity index (χ1v) is 9.89. The van der Waals surface area contributed by atoms with E-state index in [-0.39, 0.29) is 5.91 Å². The number of nitrogens with two attached hydrogens (primary N) is 1. The van der Waals surface area contributed by atoms with E-state index in [0.29, 0.717) is 29.2 Å². The average Bonchev–Trinajstić information content (AvgIpc) is 3.35. The van der Waals surface area contributed by atoms with Crippen LogP contribution in [0.5, 0.6) is 0 Å². The van der Waals surface area contributed by atoms with Crippen molar-refractivity contribution in [3.8, 4) is 0 Å². The molecule has 0 saturated heterocycles. The van der Waals surface area contributed by atoms with Gasteiger partial charge in [0.25, 0.3) is 0 Å². The first-order chi connectivity index (χ1) is 13.4. The summed E-state index contributed by atoms with van der Waals surface area (Å²) in [7, 11) is 0. The smallest absolute Gasteiger partial charge is 0.225 e. The van der Waals surface area contributed by atoms with Crippen LogP contribution < -0.4 is 11.1 Å². The Morgan fingerprint density at radius 3 is 2.43 bits per heavy atom. The second-order valence-corrected chi connectivity index (χ2v) is 8.30. The summed E-state index contributed by atoms with van der Waals surface area (Å²) in [6.45, 7) is 3.53. The van der Waals surface area contributed by atoms with Crippen molar-refractivity contribution in [2.75, 3.05) is 5.32 Å². The molecule has 0 radical (unpaired) electrons. The number of anilines is 1. The van der Waals surface area contributed by atoms with Crippen LogP contribution in [0, 0.1) is 10.8 Å². The summed E-state index contributed by atoms with van der Waals surface area (Å²) in [5, 5.41) is 11.0. The Hall–Kier alpha value is -2.88. The van der Waals surface area contributed by atoms with Gasteiger partial charge in [-0.3, -0.25) is 4.79 Å². The molecule has 0 aromatic heterocycles. The van der Waals surface area contributed by atoms with E-state index in [0.717, 1.165) is 23.2 Å². The number of allylic oxidation sites excluding steroid dienone is 2. The van der Waals surface area contributed by atoms with E-state index in [1.54, 1.807) is 13.8 Å². The zero-order valence-corrected chi connectivity index (χ0v) is 16.5. The van der Waals surface area contributed by atoms with Crippen LogP contribution >= 0.6 is 0 Å². The normalized spacial score (nSPS) is 19.7. The Bertz CT molecular complexity index is 964. The highest BCUT2D eigenvalue weighted by molar-refractivity contribution is 6.21. The molecule has 4 N–H and O–H groups in total. The Labute approximate surface area is 166 Å². The third-order valence-electron chi connectivity index (χ3n) is 6.22. The number of carbonyl (C=O) groups excluding carboxylic acids is 1. The van der Waals surface area contributed by atoms with Gasteiger partial charge in [-0.25, -0.2) is 0 Å². The maximum absolute atomic E-state index is 12.8. The van der Waals surface area contributed by atoms with Crippen molar-refractivity contribution in [2.24, 2.45) is 11.1 Å². The third kappa shape index (κ3) is 3.35. The largest absolute Gasteiger partial charge is 0.402 e. The summed E-state index contributed by atoms with van der Waals surface area (Å²) in [6, 6.07) is 16.2. The number of nitrogens with one attached hydrogen (secondary N) is 2. The minimum absolute atomic E-state index is 0.0646. The molecule has 4 rings (SSSR count). The first kappa shape index (κ1) is 18.5. The highest BCUT2D eigenvalue weighted by Crippen LogP contribution is 2.64. The van der Waals surface area contributed by atoms with Crippen LogP contribution in [-0.2, 0) is 11.2 Å². The molecule has 4 heteroatoms. The molecule has 28 heavy (non-hydrogen) atoms. The van der Waals surface area contributed by atoms with Gasteiger partial charge in [-0.05, 0) is 73.3 Å². The van der Waals surface area contributed by atoms with E-state index in [1.165, 1.54) is 24.0 Å². The van der Waals surface area contributed by atoms with Crippen molar-refractivity contribution in [1.29, 1.82) is 5.41 Å². The Morgan fingerprint density at radius 2 is 1.82 bits per heavy atom. The van der Waals surface area contributed by atoms with E-state index in [1.807, 2.05) is 24.3 Å². The van der Waals surface area contributed by atoms with Gasteiger partial charge in [0.05, 0.1) is 0 Å². The number of fused-ring (bicyclic) bond motifs is 1. The molecule has 2 aromatic rings. The standard InChI is InChI=1S/C24H27N3O/c1-15(25)23(16(2)26)17-7-9-19(10-8-17)27-22(28)13-21-20-6-4-3-5-18(20)14-24(21)11-12-24/h3-10,21,25H,11-14,26H2,1-2H3,(H,27,28). The molecular weight excluding hydrogens is 346 g/mol. The zero-order chi connectivity index (χ0) is 19.9. The van der Waals surface area contributed by atoms with E-state index >= 15 is 0 Å². The van der Waals surface area contributed by atoms with Crippen molar-refractivity contribution in [3.05, 3.63) is 70.9 Å². The Morgan fingerprint density at radius 1 is 1.14 bits per heavy atom. The molecule has 2 aromatic carbocycles. The molecule has 1 unspecified atom stereocenters. The van der Waals surface area contributed by atoms with Gasteiger partial charge in [-0.15, -0.1) is 0 Å². The topological polar surface area (TPSA) is 79.0 Å². The van der Waals surface area contributed by atoms with Gasteiger partial charge in [0.1, 0.15) is 0 Å². The van der Waals surface area contributed by atoms with Crippen LogP contribution in [0.3, 0.4) is 0 Å². The molecule has 1 saturated carbocycles. The lowest BCUT2D eigenvalue weighted by Gasteiger charge is -2.19. The van der Waals surface area contributed by atoms with Crippen molar-refractivity contribution < 1.29 is 4.79 Å². The predicted octanol–water partition coefficient (Wildman–Crippen LogP) is 4.86. The van der Waals surface area contributed by atoms with Crippen molar-refractivity contribution >= 4 is 22.9 Å². The average molecular weight is 374 g/mol. The number of benzene rings is 2. The fourth-order valence-electron chi connectivity index (χ4n) is 4.74. The lowest BCUT2D eigenvalue weighted by atomic mass is 9.86. The molecule has 1 atom stereocenters. The molecular formula is C24H27N3O. The lowest BCUT2D eigenvalue weighted by molar-refractivity contribution is -0.116. The quantitative estimate of drug-likeness (QED) is 0.654. The van der Waals surface area contributed by atoms with E-state index in [9.17, 15) is 4.79 Å². The molecule has 2 aliphatic rings. The molecule has 1 fully saturated rings. The van der Waals surface area contributed by atoms with Gasteiger partial charge in [-0.1, -0.05) is 36.4 Å². The Balaban J connectivity index is 1.46. The summed E-state index contributed by atoms with van der Waals surface area (Å²) in [4.78, 5) is 12.8. The fraction of sp³-hybridized carbons (Fsp3) is 0.333. The maximum atomic E-state index is 12.8. The summed E-state index contributed by atoms with van der Waals surface area (Å²) >= 11 is 0. The predicted molar refractivity (Wildman–Crippen MR) is 114 cm³/mol. The molecule has 0 bridgehead atoms. The highest BCUT2D eigenvalue weighted by Gasteiger charge is 2.54. The first-order valence-electron chi connectivity index (χ1n) is 9.89. The van der Waals surface area contributed by atoms with Crippen LogP contribution in [-0.4, -0.2) is 11.6 Å². The van der Waals surface area contributed by atoms with Crippen LogP contribution in [0.25, 0.3) is 5.57 Å². The van der Waals surface area contributed by atoms with Gasteiger partial charge < -0.3 is 16.5 Å². The van der Waals surface area contributed by atoms with Gasteiger partial charge in [-0.2, -0.15) is 0 Å². The second-order valence-electron chi connectivity index (χ2n) is 8.30. The summed E-state index contributed by atoms with van der Waals surface area (Å²) in [5.74, 6) is 0.396. The molecule has 0 aliphatic heterocycles. The molecule has 1 amide bonds. The maximum Gasteiger partial charge on any atom is 0.225 e. The van der Waals surface area contributed by atoms with Crippen molar-refractivity contribution in [2.45, 2.75) is 45.4 Å². The van der Waals surface area contributed by atoms with E-state index in [4.69, 9.17) is 11.1 Å². The number of carbonyl (C=O) groups is 1. The number of hydrogen-bond donors (Lipinski definition) is 3. The molecule has 144 valence electrons. The fourth-order valence-corrected chi connectivity index (χ4v) is 4.74. The third-order valence-corrected chi connectivity index (χ3v) is 6.22. The molecule has 1 spiro atoms. The van der Waals surface area contributed by atoms with Gasteiger partial charge >= 0.3 is 0 Å². The van der Waals surface area contributed by atoms with Gasteiger partial charge in [0.15, 0.2) is 0 Å². The number of rotatable bonds is 5. The van der Waals surface area contributed by atoms with E-state index in [2.05, 4.69) is 29.6 Å². The lowest BCUT2D eigenvalue weighted by Crippen LogP contribution is -2.19. The molecule has 0 heterocycles. The molecule has 4 nitrogen and oxygen atoms in total. The highest BCUT2D eigenvalue weighted by atomic mass is 16.1. The minimum atomic E-state index is 0.0646. The SMILES string of the molecule is CC(=N)C(=C(C)N)c1ccc(NC(=O)CC2c3ccccc3CC23CC3)cc1. The van der Waals surface area contributed by atoms with Crippen LogP contribution in [0.2, 0.25) is 0 Å². The van der Waals surface area contributed by atoms with Crippen molar-refractivity contribution in [1.82, 2.24) is 0 Å². The summed E-state index contributed by atoms with van der Waals surface area (Å²) in [6.07, 6.45) is 4.10. The van der Waals surface area contributed by atoms with E-state index < -0.39 is 0 Å². The molecule has 2 aliphatic carbocycles. The Kier molecular flexibility index (Phi) is 4.58. The second kappa shape index (κ2) is 6.93. The monoisotopic (exact) mass is 373 g/mol. The van der Waals surface area contributed by atoms with Gasteiger partial charge in [0, 0.05) is 29.1 Å².